The van der Waals surface area contributed by atoms with E-state index < -0.39 is 35.7 Å². The molecule has 0 radical (unpaired) electrons. The molecule has 7 nitrogen and oxygen atoms in total. The number of anilines is 1. The summed E-state index contributed by atoms with van der Waals surface area (Å²) in [6.45, 7) is 9.47. The van der Waals surface area contributed by atoms with Crippen molar-refractivity contribution in [3.05, 3.63) is 52.8 Å². The Labute approximate surface area is 250 Å². The fourth-order valence-corrected chi connectivity index (χ4v) is 6.41. The fourth-order valence-electron chi connectivity index (χ4n) is 6.41. The molecule has 11 heteroatoms. The number of amides is 1. The minimum atomic E-state index is -4.52. The van der Waals surface area contributed by atoms with E-state index in [0.717, 1.165) is 36.5 Å². The van der Waals surface area contributed by atoms with Crippen molar-refractivity contribution < 1.29 is 27.3 Å². The third-order valence-electron chi connectivity index (χ3n) is 10.2. The molecule has 1 spiro atoms. The van der Waals surface area contributed by atoms with Crippen LogP contribution in [0.4, 0.5) is 18.9 Å². The Kier molecular flexibility index (Phi) is 6.57. The predicted octanol–water partition coefficient (Wildman–Crippen LogP) is 5.15. The Morgan fingerprint density at radius 1 is 1.00 bits per heavy atom. The number of hydrogen-bond donors (Lipinski definition) is 1. The number of aromatic nitrogens is 1. The molecule has 2 saturated heterocycles. The Morgan fingerprint density at radius 2 is 1.67 bits per heavy atom. The van der Waals surface area contributed by atoms with Gasteiger partial charge in [0.15, 0.2) is 0 Å². The summed E-state index contributed by atoms with van der Waals surface area (Å²) in [7, 11) is -0.458. The number of amidine groups is 1. The quantitative estimate of drug-likeness (QED) is 0.469. The summed E-state index contributed by atoms with van der Waals surface area (Å²) in [4.78, 5) is 24.6. The van der Waals surface area contributed by atoms with Gasteiger partial charge in [-0.25, -0.2) is 4.98 Å². The highest BCUT2D eigenvalue weighted by molar-refractivity contribution is 6.62. The molecule has 0 atom stereocenters. The molecule has 5 aliphatic rings. The van der Waals surface area contributed by atoms with Crippen molar-refractivity contribution in [1.82, 2.24) is 10.3 Å². The Balaban J connectivity index is 1.14. The Morgan fingerprint density at radius 3 is 2.28 bits per heavy atom. The third-order valence-corrected chi connectivity index (χ3v) is 10.2. The van der Waals surface area contributed by atoms with Gasteiger partial charge < -0.3 is 19.5 Å². The number of nitrogens with one attached hydrogen (secondary N) is 1. The molecule has 1 amide bonds. The van der Waals surface area contributed by atoms with Crippen molar-refractivity contribution in [3.8, 4) is 0 Å². The van der Waals surface area contributed by atoms with Gasteiger partial charge in [0.2, 0.25) is 0 Å². The lowest BCUT2D eigenvalue weighted by Gasteiger charge is -2.38. The fraction of sp³-hybridized carbons (Fsp3) is 0.594. The average Bonchev–Trinajstić information content (AvgIpc) is 3.87. The molecule has 1 aromatic carbocycles. The van der Waals surface area contributed by atoms with Crippen molar-refractivity contribution in [1.29, 1.82) is 0 Å². The molecule has 0 unspecified atom stereocenters. The maximum Gasteiger partial charge on any atom is 0.494 e. The van der Waals surface area contributed by atoms with E-state index in [2.05, 4.69) is 61.1 Å². The van der Waals surface area contributed by atoms with Crippen LogP contribution in [0.5, 0.6) is 0 Å². The third kappa shape index (κ3) is 5.26. The first-order chi connectivity index (χ1) is 20.2. The maximum atomic E-state index is 13.4. The van der Waals surface area contributed by atoms with Gasteiger partial charge in [-0.1, -0.05) is 12.1 Å². The van der Waals surface area contributed by atoms with Gasteiger partial charge in [-0.15, -0.1) is 0 Å². The number of halogens is 3. The van der Waals surface area contributed by atoms with Gasteiger partial charge in [0.25, 0.3) is 5.91 Å². The first kappa shape index (κ1) is 28.8. The monoisotopic (exact) mass is 594 g/mol. The van der Waals surface area contributed by atoms with Gasteiger partial charge in [-0.05, 0) is 108 Å². The number of benzene rings is 1. The molecule has 4 heterocycles. The topological polar surface area (TPSA) is 76.0 Å². The van der Waals surface area contributed by atoms with Gasteiger partial charge in [-0.2, -0.15) is 13.2 Å². The molecular formula is C32H38BF3N4O3. The largest absolute Gasteiger partial charge is 0.494 e. The van der Waals surface area contributed by atoms with Crippen LogP contribution in [-0.4, -0.2) is 53.7 Å². The van der Waals surface area contributed by atoms with Gasteiger partial charge in [0.05, 0.1) is 16.9 Å². The zero-order valence-corrected chi connectivity index (χ0v) is 25.2. The van der Waals surface area contributed by atoms with Crippen LogP contribution >= 0.6 is 0 Å². The van der Waals surface area contributed by atoms with E-state index in [9.17, 15) is 18.0 Å². The molecule has 2 aliphatic carbocycles. The van der Waals surface area contributed by atoms with Crippen molar-refractivity contribution in [2.24, 2.45) is 10.9 Å². The van der Waals surface area contributed by atoms with Gasteiger partial charge in [-0.3, -0.25) is 9.79 Å². The number of pyridine rings is 1. The average molecular weight is 594 g/mol. The number of aliphatic imine (C=N–C) groups is 1. The van der Waals surface area contributed by atoms with Crippen LogP contribution in [0.2, 0.25) is 0 Å². The van der Waals surface area contributed by atoms with Crippen molar-refractivity contribution >= 4 is 30.0 Å². The molecule has 43 heavy (non-hydrogen) atoms. The van der Waals surface area contributed by atoms with E-state index in [1.807, 2.05) is 0 Å². The Hall–Kier alpha value is -2.92. The zero-order chi connectivity index (χ0) is 30.4. The molecule has 1 aromatic heterocycles. The van der Waals surface area contributed by atoms with Crippen molar-refractivity contribution in [2.45, 2.75) is 101 Å². The van der Waals surface area contributed by atoms with Crippen LogP contribution in [0.25, 0.3) is 0 Å². The molecule has 2 aromatic rings. The van der Waals surface area contributed by atoms with Crippen LogP contribution < -0.4 is 15.7 Å². The number of rotatable bonds is 6. The molecule has 3 aliphatic heterocycles. The van der Waals surface area contributed by atoms with Crippen LogP contribution in [0.3, 0.4) is 0 Å². The second-order valence-corrected chi connectivity index (χ2v) is 14.0. The molecule has 4 fully saturated rings. The van der Waals surface area contributed by atoms with Crippen LogP contribution in [0, 0.1) is 5.92 Å². The summed E-state index contributed by atoms with van der Waals surface area (Å²) in [5.41, 5.74) is 1.60. The predicted molar refractivity (Wildman–Crippen MR) is 159 cm³/mol. The second-order valence-electron chi connectivity index (χ2n) is 14.0. The summed E-state index contributed by atoms with van der Waals surface area (Å²) in [6.07, 6.45) is 1.61. The SMILES string of the molecule is CC1(C)OB(c2ccc(CC3CC3)c(N3CCC4(CC3)N=C(c3ccc(C(F)(F)F)nc3C3CC3)NC4=O)c2)OC1(C)C. The molecule has 2 saturated carbocycles. The molecule has 1 N–H and O–H groups in total. The molecule has 7 rings (SSSR count). The molecule has 0 bridgehead atoms. The van der Waals surface area contributed by atoms with Gasteiger partial charge in [0.1, 0.15) is 17.1 Å². The van der Waals surface area contributed by atoms with E-state index in [1.54, 1.807) is 0 Å². The maximum absolute atomic E-state index is 13.4. The van der Waals surface area contributed by atoms with E-state index in [0.29, 0.717) is 48.9 Å². The minimum absolute atomic E-state index is 0.0311. The van der Waals surface area contributed by atoms with Crippen LogP contribution in [0.15, 0.2) is 35.3 Å². The smallest absolute Gasteiger partial charge is 0.399 e. The highest BCUT2D eigenvalue weighted by atomic mass is 19.4. The highest BCUT2D eigenvalue weighted by Crippen LogP contribution is 2.44. The van der Waals surface area contributed by atoms with Gasteiger partial charge in [0, 0.05) is 30.3 Å². The number of piperidine rings is 1. The molecule has 228 valence electrons. The number of carbonyl (C=O) groups excluding carboxylic acids is 1. The lowest BCUT2D eigenvalue weighted by molar-refractivity contribution is -0.141. The summed E-state index contributed by atoms with van der Waals surface area (Å²) >= 11 is 0. The summed E-state index contributed by atoms with van der Waals surface area (Å²) in [6, 6.07) is 8.91. The standard InChI is InChI=1S/C32H38BF3N4O3/c1-29(2)30(3,4)43-33(42-29)22-10-9-21(17-19-5-6-19)24(18-22)40-15-13-31(14-16-40)28(41)38-27(39-31)23-11-12-25(32(34,35)36)37-26(23)20-7-8-20/h9-12,18-20H,5-8,13-17H2,1-4H3,(H,38,39,41). The normalized spacial score (nSPS) is 24.4. The van der Waals surface area contributed by atoms with E-state index >= 15 is 0 Å². The summed E-state index contributed by atoms with van der Waals surface area (Å²) in [5, 5.41) is 2.91. The zero-order valence-electron chi connectivity index (χ0n) is 25.2. The van der Waals surface area contributed by atoms with Crippen LogP contribution in [0.1, 0.15) is 94.7 Å². The summed E-state index contributed by atoms with van der Waals surface area (Å²) < 4.78 is 52.9. The van der Waals surface area contributed by atoms with E-state index in [4.69, 9.17) is 14.3 Å². The van der Waals surface area contributed by atoms with Crippen LogP contribution in [-0.2, 0) is 26.7 Å². The van der Waals surface area contributed by atoms with Gasteiger partial charge >= 0.3 is 13.3 Å². The number of hydrogen-bond acceptors (Lipinski definition) is 6. The second kappa shape index (κ2) is 9.79. The highest BCUT2D eigenvalue weighted by Gasteiger charge is 2.52. The first-order valence-electron chi connectivity index (χ1n) is 15.5. The molecular weight excluding hydrogens is 556 g/mol. The number of alkyl halides is 3. The van der Waals surface area contributed by atoms with E-state index in [1.165, 1.54) is 24.5 Å². The minimum Gasteiger partial charge on any atom is -0.399 e. The first-order valence-corrected chi connectivity index (χ1v) is 15.5. The number of carbonyl (C=O) groups is 1. The number of nitrogens with zero attached hydrogens (tertiary/aromatic N) is 3. The van der Waals surface area contributed by atoms with Crippen molar-refractivity contribution in [3.63, 3.8) is 0 Å². The lowest BCUT2D eigenvalue weighted by atomic mass is 9.77. The van der Waals surface area contributed by atoms with E-state index in [-0.39, 0.29) is 11.8 Å². The lowest BCUT2D eigenvalue weighted by Crippen LogP contribution is -2.49. The summed E-state index contributed by atoms with van der Waals surface area (Å²) in [5.74, 6) is 0.839. The Bertz CT molecular complexity index is 1480. The van der Waals surface area contributed by atoms with Crippen molar-refractivity contribution in [2.75, 3.05) is 18.0 Å².